The van der Waals surface area contributed by atoms with E-state index in [-0.39, 0.29) is 16.4 Å². The Kier molecular flexibility index (Phi) is 5.77. The lowest BCUT2D eigenvalue weighted by Crippen LogP contribution is -2.49. The van der Waals surface area contributed by atoms with Gasteiger partial charge in [0.1, 0.15) is 16.4 Å². The highest BCUT2D eigenvalue weighted by Gasteiger charge is 2.28. The highest BCUT2D eigenvalue weighted by atomic mass is 32.2. The number of nitrogens with zero attached hydrogens (tertiary/aromatic N) is 3. The van der Waals surface area contributed by atoms with E-state index < -0.39 is 15.4 Å². The van der Waals surface area contributed by atoms with Crippen molar-refractivity contribution in [3.63, 3.8) is 0 Å². The average Bonchev–Trinajstić information content (AvgIpc) is 3.06. The molecule has 29 heavy (non-hydrogen) atoms. The monoisotopic (exact) mass is 438 g/mol. The molecule has 158 valence electrons. The number of rotatable bonds is 4. The second kappa shape index (κ2) is 7.83. The number of sulfone groups is 1. The van der Waals surface area contributed by atoms with E-state index in [0.29, 0.717) is 36.9 Å². The third-order valence-electron chi connectivity index (χ3n) is 4.37. The third kappa shape index (κ3) is 5.18. The van der Waals surface area contributed by atoms with Crippen LogP contribution in [0.25, 0.3) is 0 Å². The molecule has 1 aliphatic rings. The van der Waals surface area contributed by atoms with Crippen LogP contribution in [0.4, 0.5) is 10.1 Å². The summed E-state index contributed by atoms with van der Waals surface area (Å²) in [7, 11) is -3.45. The molecule has 8 nitrogen and oxygen atoms in total. The van der Waals surface area contributed by atoms with Crippen LogP contribution >= 0.6 is 11.3 Å². The Balaban J connectivity index is 1.83. The smallest absolute Gasteiger partial charge is 0.257 e. The summed E-state index contributed by atoms with van der Waals surface area (Å²) in [6.07, 6.45) is 2.75. The molecule has 10 heteroatoms. The van der Waals surface area contributed by atoms with Crippen LogP contribution in [0.15, 0.2) is 29.3 Å². The Labute approximate surface area is 175 Å². The van der Waals surface area contributed by atoms with Crippen molar-refractivity contribution in [2.24, 2.45) is 0 Å². The number of carbonyl (C=O) groups is 1. The molecule has 1 aromatic heterocycles. The van der Waals surface area contributed by atoms with Crippen molar-refractivity contribution < 1.29 is 17.9 Å². The van der Waals surface area contributed by atoms with E-state index >= 15 is 0 Å². The molecule has 1 saturated heterocycles. The number of piperazine rings is 1. The van der Waals surface area contributed by atoms with Gasteiger partial charge in [-0.15, -0.1) is 0 Å². The van der Waals surface area contributed by atoms with Crippen molar-refractivity contribution in [3.8, 4) is 5.75 Å². The minimum atomic E-state index is -3.45. The van der Waals surface area contributed by atoms with Crippen LogP contribution in [-0.2, 0) is 9.84 Å². The largest absolute Gasteiger partial charge is 0.487 e. The number of anilines is 2. The summed E-state index contributed by atoms with van der Waals surface area (Å²) < 4.78 is 29.9. The highest BCUT2D eigenvalue weighted by Crippen LogP contribution is 2.29. The molecule has 2 heterocycles. The second-order valence-electron chi connectivity index (χ2n) is 7.97. The summed E-state index contributed by atoms with van der Waals surface area (Å²) >= 11 is 1.42. The zero-order valence-electron chi connectivity index (χ0n) is 17.0. The maximum atomic E-state index is 13.2. The number of hydrogen-bond donors (Lipinski definition) is 1. The zero-order chi connectivity index (χ0) is 21.4. The van der Waals surface area contributed by atoms with Gasteiger partial charge in [-0.25, -0.2) is 13.4 Å². The molecule has 2 aromatic rings. The Morgan fingerprint density at radius 1 is 1.21 bits per heavy atom. The molecule has 2 N–H and O–H groups in total. The van der Waals surface area contributed by atoms with Gasteiger partial charge in [-0.1, -0.05) is 11.3 Å². The van der Waals surface area contributed by atoms with Gasteiger partial charge in [-0.3, -0.25) is 4.79 Å². The van der Waals surface area contributed by atoms with Crippen LogP contribution < -0.4 is 15.4 Å². The molecule has 1 aromatic carbocycles. The molecule has 3 rings (SSSR count). The number of carbonyl (C=O) groups excluding carboxylic acids is 1. The second-order valence-corrected chi connectivity index (χ2v) is 11.0. The van der Waals surface area contributed by atoms with Gasteiger partial charge in [0.2, 0.25) is 0 Å². The normalized spacial score (nSPS) is 15.4. The molecule has 0 bridgehead atoms. The van der Waals surface area contributed by atoms with Crippen LogP contribution in [0.2, 0.25) is 0 Å². The summed E-state index contributed by atoms with van der Waals surface area (Å²) in [4.78, 5) is 21.4. The van der Waals surface area contributed by atoms with E-state index in [4.69, 9.17) is 10.5 Å². The molecule has 0 saturated carbocycles. The average molecular weight is 439 g/mol. The molecule has 0 unspecified atom stereocenters. The minimum Gasteiger partial charge on any atom is -0.487 e. The topological polar surface area (TPSA) is 106 Å². The van der Waals surface area contributed by atoms with Crippen LogP contribution in [0.5, 0.6) is 5.75 Å². The predicted molar refractivity (Wildman–Crippen MR) is 115 cm³/mol. The first-order valence-corrected chi connectivity index (χ1v) is 11.9. The fraction of sp³-hybridized carbons (Fsp3) is 0.474. The van der Waals surface area contributed by atoms with Gasteiger partial charge >= 0.3 is 0 Å². The SMILES string of the molecule is CC(C)(C)Oc1ccc(S(C)(=O)=O)cc1C(=O)N1CCN(c2ncc(N)s2)CC1. The molecular formula is C19H26N4O4S2. The molecular weight excluding hydrogens is 412 g/mol. The molecule has 0 atom stereocenters. The molecule has 0 radical (unpaired) electrons. The lowest BCUT2D eigenvalue weighted by Gasteiger charge is -2.35. The van der Waals surface area contributed by atoms with Gasteiger partial charge in [-0.2, -0.15) is 0 Å². The van der Waals surface area contributed by atoms with Crippen LogP contribution in [0.3, 0.4) is 0 Å². The van der Waals surface area contributed by atoms with E-state index in [1.54, 1.807) is 17.2 Å². The number of ether oxygens (including phenoxy) is 1. The minimum absolute atomic E-state index is 0.0963. The van der Waals surface area contributed by atoms with Crippen molar-refractivity contribution in [2.45, 2.75) is 31.3 Å². The summed E-state index contributed by atoms with van der Waals surface area (Å²) in [5.41, 5.74) is 5.49. The molecule has 0 spiro atoms. The number of hydrogen-bond acceptors (Lipinski definition) is 8. The third-order valence-corrected chi connectivity index (χ3v) is 6.37. The van der Waals surface area contributed by atoms with Gasteiger partial charge in [0.05, 0.1) is 16.7 Å². The van der Waals surface area contributed by atoms with Crippen molar-refractivity contribution in [2.75, 3.05) is 43.1 Å². The summed E-state index contributed by atoms with van der Waals surface area (Å²) in [5.74, 6) is 0.137. The van der Waals surface area contributed by atoms with Gasteiger partial charge < -0.3 is 20.3 Å². The van der Waals surface area contributed by atoms with Crippen molar-refractivity contribution >= 4 is 37.2 Å². The van der Waals surface area contributed by atoms with Gasteiger partial charge in [-0.05, 0) is 39.0 Å². The number of amides is 1. The zero-order valence-corrected chi connectivity index (χ0v) is 18.6. The Morgan fingerprint density at radius 3 is 2.38 bits per heavy atom. The number of thiazole rings is 1. The predicted octanol–water partition coefficient (Wildman–Crippen LogP) is 2.27. The van der Waals surface area contributed by atoms with E-state index in [9.17, 15) is 13.2 Å². The lowest BCUT2D eigenvalue weighted by atomic mass is 10.1. The van der Waals surface area contributed by atoms with Crippen LogP contribution in [-0.4, -0.2) is 62.2 Å². The standard InChI is InChI=1S/C19H26N4O4S2/c1-19(2,3)27-15-6-5-13(29(4,25)26)11-14(15)17(24)22-7-9-23(10-8-22)18-21-12-16(20)28-18/h5-6,11-12H,7-10,20H2,1-4H3. The first-order valence-electron chi connectivity index (χ1n) is 9.23. The van der Waals surface area contributed by atoms with E-state index in [2.05, 4.69) is 9.88 Å². The fourth-order valence-corrected chi connectivity index (χ4v) is 4.40. The molecule has 1 aliphatic heterocycles. The van der Waals surface area contributed by atoms with E-state index in [1.165, 1.54) is 23.5 Å². The maximum Gasteiger partial charge on any atom is 0.257 e. The molecule has 1 fully saturated rings. The maximum absolute atomic E-state index is 13.2. The quantitative estimate of drug-likeness (QED) is 0.780. The summed E-state index contributed by atoms with van der Waals surface area (Å²) in [6, 6.07) is 4.44. The van der Waals surface area contributed by atoms with Crippen molar-refractivity contribution in [1.29, 1.82) is 0 Å². The van der Waals surface area contributed by atoms with Crippen LogP contribution in [0.1, 0.15) is 31.1 Å². The Bertz CT molecular complexity index is 1000. The lowest BCUT2D eigenvalue weighted by molar-refractivity contribution is 0.0730. The van der Waals surface area contributed by atoms with Gasteiger partial charge in [0.15, 0.2) is 15.0 Å². The number of benzene rings is 1. The Morgan fingerprint density at radius 2 is 1.86 bits per heavy atom. The van der Waals surface area contributed by atoms with E-state index in [0.717, 1.165) is 11.4 Å². The van der Waals surface area contributed by atoms with Gasteiger partial charge in [0.25, 0.3) is 5.91 Å². The Hall–Kier alpha value is -2.33. The number of nitrogens with two attached hydrogens (primary N) is 1. The highest BCUT2D eigenvalue weighted by molar-refractivity contribution is 7.90. The number of aromatic nitrogens is 1. The number of nitrogen functional groups attached to an aromatic ring is 1. The van der Waals surface area contributed by atoms with E-state index in [1.807, 2.05) is 20.8 Å². The van der Waals surface area contributed by atoms with Crippen LogP contribution in [0, 0.1) is 0 Å². The first kappa shape index (κ1) is 21.4. The van der Waals surface area contributed by atoms with Gasteiger partial charge in [0, 0.05) is 32.4 Å². The summed E-state index contributed by atoms with van der Waals surface area (Å²) in [5, 5.41) is 1.49. The fourth-order valence-electron chi connectivity index (χ4n) is 3.02. The van der Waals surface area contributed by atoms with Crippen molar-refractivity contribution in [1.82, 2.24) is 9.88 Å². The van der Waals surface area contributed by atoms with Crippen molar-refractivity contribution in [3.05, 3.63) is 30.0 Å². The molecule has 0 aliphatic carbocycles. The summed E-state index contributed by atoms with van der Waals surface area (Å²) in [6.45, 7) is 7.88. The molecule has 1 amide bonds. The first-order chi connectivity index (χ1) is 13.4.